The second-order valence-electron chi connectivity index (χ2n) is 13.2. The molecule has 0 saturated heterocycles. The maximum absolute atomic E-state index is 10.6. The Labute approximate surface area is 292 Å². The number of fused-ring (bicyclic) bond motifs is 8. The van der Waals surface area contributed by atoms with Crippen LogP contribution < -0.4 is 0 Å². The first-order valence-electron chi connectivity index (χ1n) is 16.7. The quantitative estimate of drug-likeness (QED) is 0.175. The molecule has 4 heteroatoms. The summed E-state index contributed by atoms with van der Waals surface area (Å²) in [5, 5.41) is 56.2. The first-order chi connectivity index (χ1) is 25.1. The van der Waals surface area contributed by atoms with Crippen LogP contribution in [0.2, 0.25) is 0 Å². The Morgan fingerprint density at radius 1 is 0.353 bits per heavy atom. The van der Waals surface area contributed by atoms with E-state index in [2.05, 4.69) is 110 Å². The molecule has 0 aliphatic rings. The summed E-state index contributed by atoms with van der Waals surface area (Å²) in [5.74, 6) is 0. The first kappa shape index (κ1) is 28.5. The van der Waals surface area contributed by atoms with E-state index in [4.69, 9.17) is 0 Å². The molecule has 0 spiro atoms. The molecular weight excluding hydrogens is 621 g/mol. The van der Waals surface area contributed by atoms with E-state index in [-0.39, 0.29) is 0 Å². The zero-order chi connectivity index (χ0) is 34.5. The van der Waals surface area contributed by atoms with Gasteiger partial charge in [0, 0.05) is 16.7 Å². The maximum Gasteiger partial charge on any atom is 0.0998 e. The third-order valence-electron chi connectivity index (χ3n) is 10.8. The molecule has 0 heterocycles. The van der Waals surface area contributed by atoms with E-state index >= 15 is 0 Å². The highest BCUT2D eigenvalue weighted by molar-refractivity contribution is 6.45. The molecule has 0 aromatic heterocycles. The summed E-state index contributed by atoms with van der Waals surface area (Å²) in [7, 11) is 0. The molecule has 0 bridgehead atoms. The molecule has 230 valence electrons. The van der Waals surface area contributed by atoms with Crippen LogP contribution in [0.5, 0.6) is 0 Å². The van der Waals surface area contributed by atoms with Crippen LogP contribution >= 0.6 is 0 Å². The lowest BCUT2D eigenvalue weighted by molar-refractivity contribution is 1.45. The number of hydrogen-bond acceptors (Lipinski definition) is 4. The van der Waals surface area contributed by atoms with Gasteiger partial charge in [-0.3, -0.25) is 0 Å². The van der Waals surface area contributed by atoms with Crippen molar-refractivity contribution in [2.45, 2.75) is 6.92 Å². The minimum Gasteiger partial charge on any atom is -0.192 e. The van der Waals surface area contributed by atoms with Gasteiger partial charge in [-0.1, -0.05) is 72.8 Å². The van der Waals surface area contributed by atoms with Crippen LogP contribution in [0.15, 0.2) is 115 Å². The van der Waals surface area contributed by atoms with Gasteiger partial charge in [-0.15, -0.1) is 0 Å². The molecule has 0 fully saturated rings. The van der Waals surface area contributed by atoms with Crippen LogP contribution in [-0.4, -0.2) is 0 Å². The van der Waals surface area contributed by atoms with E-state index in [0.29, 0.717) is 33.4 Å². The summed E-state index contributed by atoms with van der Waals surface area (Å²) < 4.78 is 0. The molecule has 0 radical (unpaired) electrons. The Bertz CT molecular complexity index is 3360. The number of rotatable bonds is 2. The fraction of sp³-hybridized carbons (Fsp3) is 0.0213. The van der Waals surface area contributed by atoms with Gasteiger partial charge < -0.3 is 0 Å². The van der Waals surface area contributed by atoms with E-state index in [1.54, 1.807) is 24.3 Å². The van der Waals surface area contributed by atoms with Gasteiger partial charge in [-0.05, 0) is 136 Å². The summed E-state index contributed by atoms with van der Waals surface area (Å²) in [5.41, 5.74) is 6.15. The van der Waals surface area contributed by atoms with Crippen LogP contribution in [0.4, 0.5) is 0 Å². The van der Waals surface area contributed by atoms with Gasteiger partial charge in [0.1, 0.15) is 0 Å². The largest absolute Gasteiger partial charge is 0.192 e. The molecule has 0 unspecified atom stereocenters. The van der Waals surface area contributed by atoms with Crippen molar-refractivity contribution in [1.82, 2.24) is 0 Å². The molecule has 0 aliphatic carbocycles. The Morgan fingerprint density at radius 2 is 0.863 bits per heavy atom. The zero-order valence-electron chi connectivity index (χ0n) is 27.3. The van der Waals surface area contributed by atoms with Crippen molar-refractivity contribution in [2.24, 2.45) is 0 Å². The maximum atomic E-state index is 10.6. The highest BCUT2D eigenvalue weighted by Crippen LogP contribution is 2.55. The molecule has 4 nitrogen and oxygen atoms in total. The van der Waals surface area contributed by atoms with E-state index in [0.717, 1.165) is 92.1 Å². The van der Waals surface area contributed by atoms with Gasteiger partial charge in [-0.2, -0.15) is 21.0 Å². The van der Waals surface area contributed by atoms with Crippen LogP contribution in [0.25, 0.3) is 97.7 Å². The summed E-state index contributed by atoms with van der Waals surface area (Å²) in [6.07, 6.45) is 0. The third-order valence-corrected chi connectivity index (χ3v) is 10.8. The van der Waals surface area contributed by atoms with Crippen molar-refractivity contribution in [1.29, 1.82) is 21.0 Å². The minimum absolute atomic E-state index is 0.464. The number of nitriles is 4. The normalized spacial score (nSPS) is 11.5. The fourth-order valence-corrected chi connectivity index (χ4v) is 8.74. The monoisotopic (exact) mass is 642 g/mol. The summed E-state index contributed by atoms with van der Waals surface area (Å²) in [4.78, 5) is 0. The lowest BCUT2D eigenvalue weighted by atomic mass is 9.81. The van der Waals surface area contributed by atoms with Gasteiger partial charge in [-0.25, -0.2) is 0 Å². The minimum atomic E-state index is 0.464. The molecule has 51 heavy (non-hydrogen) atoms. The number of nitrogens with zero attached hydrogens (tertiary/aromatic N) is 4. The Morgan fingerprint density at radius 3 is 1.51 bits per heavy atom. The van der Waals surface area contributed by atoms with Gasteiger partial charge >= 0.3 is 0 Å². The van der Waals surface area contributed by atoms with Crippen molar-refractivity contribution < 1.29 is 0 Å². The second kappa shape index (κ2) is 10.3. The van der Waals surface area contributed by atoms with Crippen molar-refractivity contribution in [3.05, 3.63) is 143 Å². The molecule has 10 rings (SSSR count). The summed E-state index contributed by atoms with van der Waals surface area (Å²) >= 11 is 0. The van der Waals surface area contributed by atoms with E-state index < -0.39 is 0 Å². The van der Waals surface area contributed by atoms with Gasteiger partial charge in [0.2, 0.25) is 0 Å². The highest BCUT2D eigenvalue weighted by atomic mass is 14.3. The molecule has 0 N–H and O–H groups in total. The predicted octanol–water partition coefficient (Wildman–Crippen LogP) is 11.8. The van der Waals surface area contributed by atoms with E-state index in [9.17, 15) is 21.0 Å². The van der Waals surface area contributed by atoms with Crippen molar-refractivity contribution >= 4 is 75.4 Å². The Kier molecular flexibility index (Phi) is 5.73. The van der Waals surface area contributed by atoms with Gasteiger partial charge in [0.05, 0.1) is 46.5 Å². The van der Waals surface area contributed by atoms with Crippen molar-refractivity contribution in [2.75, 3.05) is 0 Å². The molecule has 0 aliphatic heterocycles. The summed E-state index contributed by atoms with van der Waals surface area (Å²) in [6.45, 7) is 2.11. The van der Waals surface area contributed by atoms with Crippen molar-refractivity contribution in [3.63, 3.8) is 0 Å². The van der Waals surface area contributed by atoms with E-state index in [1.165, 1.54) is 0 Å². The van der Waals surface area contributed by atoms with Gasteiger partial charge in [0.25, 0.3) is 0 Å². The topological polar surface area (TPSA) is 95.2 Å². The fourth-order valence-electron chi connectivity index (χ4n) is 8.74. The first-order valence-corrected chi connectivity index (χ1v) is 16.7. The lowest BCUT2D eigenvalue weighted by Gasteiger charge is -2.20. The standard InChI is InChI=1S/C47H22N4/c1-25-12-17-36-41-30(25)8-4-11-35(41)45-44(37-18-26(21-48)13-15-28(37)23-50)40-20-39-32-7-3-2-6-31(32)33-9-5-10-34(42(33)39)43(40)47(46(36)45)38-19-27(22-49)14-16-29(38)24-51/h2-20H,1H3. The van der Waals surface area contributed by atoms with Crippen LogP contribution in [0.3, 0.4) is 0 Å². The second-order valence-corrected chi connectivity index (χ2v) is 13.2. The zero-order valence-corrected chi connectivity index (χ0v) is 27.3. The van der Waals surface area contributed by atoms with Crippen LogP contribution in [0.1, 0.15) is 27.8 Å². The molecule has 0 amide bonds. The molecule has 0 saturated carbocycles. The van der Waals surface area contributed by atoms with Crippen LogP contribution in [0, 0.1) is 52.2 Å². The molecule has 0 atom stereocenters. The number of hydrogen-bond donors (Lipinski definition) is 0. The predicted molar refractivity (Wildman–Crippen MR) is 206 cm³/mol. The number of benzene rings is 8. The summed E-state index contributed by atoms with van der Waals surface area (Å²) in [6, 6.07) is 47.8. The average Bonchev–Trinajstić information content (AvgIpc) is 3.69. The Hall–Kier alpha value is -7.50. The van der Waals surface area contributed by atoms with Crippen LogP contribution in [-0.2, 0) is 0 Å². The Balaban J connectivity index is 1.63. The molecule has 10 aromatic carbocycles. The average molecular weight is 643 g/mol. The molecule has 10 aromatic rings. The van der Waals surface area contributed by atoms with Crippen molar-refractivity contribution in [3.8, 4) is 46.5 Å². The molecular formula is C47H22N4. The highest BCUT2D eigenvalue weighted by Gasteiger charge is 2.28. The third kappa shape index (κ3) is 3.63. The SMILES string of the molecule is Cc1ccc2c3c(-c4cc(C#N)ccc4C#N)c4c(cc5c6ccccc6c6cccc4c65)c(-c4cc(C#N)ccc4C#N)c3c3cccc1c32. The van der Waals surface area contributed by atoms with E-state index in [1.807, 2.05) is 12.1 Å². The van der Waals surface area contributed by atoms with Gasteiger partial charge in [0.15, 0.2) is 0 Å². The lowest BCUT2D eigenvalue weighted by Crippen LogP contribution is -1.95. The smallest absolute Gasteiger partial charge is 0.0998 e. The number of aryl methyl sites for hydroxylation is 1.